The zero-order valence-corrected chi connectivity index (χ0v) is 17.2. The Morgan fingerprint density at radius 2 is 1.96 bits per heavy atom. The van der Waals surface area contributed by atoms with Gasteiger partial charge in [0.1, 0.15) is 0 Å². The van der Waals surface area contributed by atoms with Crippen LogP contribution in [0.25, 0.3) is 0 Å². The molecular weight excluding hydrogens is 416 g/mol. The quantitative estimate of drug-likeness (QED) is 0.643. The number of fused-ring (bicyclic) bond motifs is 1. The molecule has 1 aliphatic heterocycles. The van der Waals surface area contributed by atoms with E-state index in [4.69, 9.17) is 11.6 Å². The standard InChI is InChI=1S/C20H17ClN2O3S2/c21-17-5-2-1-4-15(17)13-28(25,26)22-16-8-7-14-9-10-23(18(14)12-16)20(24)19-6-3-11-27-19/h1-8,11-12,22H,9-10,13H2. The third kappa shape index (κ3) is 3.92. The van der Waals surface area contributed by atoms with Crippen LogP contribution < -0.4 is 9.62 Å². The molecule has 1 N–H and O–H groups in total. The molecule has 0 radical (unpaired) electrons. The van der Waals surface area contributed by atoms with Gasteiger partial charge in [0.05, 0.1) is 16.3 Å². The minimum Gasteiger partial charge on any atom is -0.307 e. The molecule has 1 aromatic heterocycles. The summed E-state index contributed by atoms with van der Waals surface area (Å²) in [6, 6.07) is 15.8. The summed E-state index contributed by atoms with van der Waals surface area (Å²) in [5.74, 6) is -0.286. The van der Waals surface area contributed by atoms with Crippen molar-refractivity contribution in [3.63, 3.8) is 0 Å². The highest BCUT2D eigenvalue weighted by atomic mass is 35.5. The van der Waals surface area contributed by atoms with E-state index in [1.165, 1.54) is 11.3 Å². The first-order chi connectivity index (χ1) is 13.4. The lowest BCUT2D eigenvalue weighted by Gasteiger charge is -2.17. The molecule has 2 aromatic carbocycles. The highest BCUT2D eigenvalue weighted by Crippen LogP contribution is 2.33. The molecule has 2 heterocycles. The Morgan fingerprint density at radius 1 is 1.14 bits per heavy atom. The minimum absolute atomic E-state index is 0.0650. The van der Waals surface area contributed by atoms with E-state index < -0.39 is 10.0 Å². The number of carbonyl (C=O) groups excluding carboxylic acids is 1. The van der Waals surface area contributed by atoms with E-state index in [1.807, 2.05) is 17.5 Å². The summed E-state index contributed by atoms with van der Waals surface area (Å²) in [6.45, 7) is 0.585. The number of hydrogen-bond acceptors (Lipinski definition) is 4. The van der Waals surface area contributed by atoms with Crippen LogP contribution in [0.15, 0.2) is 60.0 Å². The number of halogens is 1. The number of rotatable bonds is 5. The first-order valence-corrected chi connectivity index (χ1v) is 11.6. The Kier molecular flexibility index (Phi) is 5.14. The van der Waals surface area contributed by atoms with E-state index in [0.717, 1.165) is 17.7 Å². The van der Waals surface area contributed by atoms with Gasteiger partial charge in [-0.05, 0) is 47.2 Å². The van der Waals surface area contributed by atoms with Crippen LogP contribution in [0.2, 0.25) is 5.02 Å². The molecule has 0 fully saturated rings. The maximum absolute atomic E-state index is 12.7. The van der Waals surface area contributed by atoms with Crippen molar-refractivity contribution in [1.29, 1.82) is 0 Å². The normalized spacial score (nSPS) is 13.4. The van der Waals surface area contributed by atoms with E-state index in [2.05, 4.69) is 4.72 Å². The summed E-state index contributed by atoms with van der Waals surface area (Å²) in [6.07, 6.45) is 0.749. The summed E-state index contributed by atoms with van der Waals surface area (Å²) in [4.78, 5) is 15.1. The average molecular weight is 433 g/mol. The molecule has 3 aromatic rings. The zero-order valence-electron chi connectivity index (χ0n) is 14.8. The van der Waals surface area contributed by atoms with Gasteiger partial charge < -0.3 is 4.90 Å². The summed E-state index contributed by atoms with van der Waals surface area (Å²) in [5.41, 5.74) is 2.74. The number of sulfonamides is 1. The number of nitrogens with one attached hydrogen (secondary N) is 1. The lowest BCUT2D eigenvalue weighted by atomic mass is 10.1. The second kappa shape index (κ2) is 7.58. The average Bonchev–Trinajstić information content (AvgIpc) is 3.32. The van der Waals surface area contributed by atoms with E-state index in [0.29, 0.717) is 27.7 Å². The third-order valence-corrected chi connectivity index (χ3v) is 7.00. The van der Waals surface area contributed by atoms with E-state index in [1.54, 1.807) is 47.4 Å². The fourth-order valence-electron chi connectivity index (χ4n) is 3.22. The fourth-order valence-corrected chi connectivity index (χ4v) is 5.40. The molecule has 5 nitrogen and oxygen atoms in total. The summed E-state index contributed by atoms with van der Waals surface area (Å²) in [5, 5.41) is 2.28. The molecule has 0 unspecified atom stereocenters. The lowest BCUT2D eigenvalue weighted by molar-refractivity contribution is 0.0993. The van der Waals surface area contributed by atoms with Crippen LogP contribution in [-0.4, -0.2) is 20.9 Å². The van der Waals surface area contributed by atoms with Gasteiger partial charge in [0.15, 0.2) is 0 Å². The van der Waals surface area contributed by atoms with E-state index in [-0.39, 0.29) is 11.7 Å². The predicted octanol–water partition coefficient (Wildman–Crippen LogP) is 4.55. The smallest absolute Gasteiger partial charge is 0.268 e. The molecule has 0 spiro atoms. The number of thiophene rings is 1. The van der Waals surface area contributed by atoms with Gasteiger partial charge in [0.25, 0.3) is 5.91 Å². The van der Waals surface area contributed by atoms with Crippen molar-refractivity contribution >= 4 is 50.2 Å². The van der Waals surface area contributed by atoms with Gasteiger partial charge in [-0.15, -0.1) is 11.3 Å². The Morgan fingerprint density at radius 3 is 2.71 bits per heavy atom. The van der Waals surface area contributed by atoms with Crippen molar-refractivity contribution in [3.05, 3.63) is 81.0 Å². The molecule has 0 atom stereocenters. The van der Waals surface area contributed by atoms with Crippen LogP contribution in [-0.2, 0) is 22.2 Å². The molecule has 1 amide bonds. The Balaban J connectivity index is 1.56. The number of amides is 1. The molecule has 28 heavy (non-hydrogen) atoms. The molecule has 0 saturated heterocycles. The molecule has 4 rings (SSSR count). The lowest BCUT2D eigenvalue weighted by Crippen LogP contribution is -2.28. The van der Waals surface area contributed by atoms with Crippen molar-refractivity contribution in [2.24, 2.45) is 0 Å². The van der Waals surface area contributed by atoms with Crippen molar-refractivity contribution < 1.29 is 13.2 Å². The zero-order chi connectivity index (χ0) is 19.7. The maximum Gasteiger partial charge on any atom is 0.268 e. The van der Waals surface area contributed by atoms with Crippen molar-refractivity contribution in [2.75, 3.05) is 16.2 Å². The van der Waals surface area contributed by atoms with Crippen molar-refractivity contribution in [2.45, 2.75) is 12.2 Å². The van der Waals surface area contributed by atoms with E-state index >= 15 is 0 Å². The van der Waals surface area contributed by atoms with Crippen LogP contribution in [0.5, 0.6) is 0 Å². The first kappa shape index (κ1) is 19.0. The van der Waals surface area contributed by atoms with Crippen LogP contribution >= 0.6 is 22.9 Å². The van der Waals surface area contributed by atoms with Crippen molar-refractivity contribution in [3.8, 4) is 0 Å². The molecule has 0 bridgehead atoms. The number of hydrogen-bond donors (Lipinski definition) is 1. The molecule has 144 valence electrons. The predicted molar refractivity (Wildman–Crippen MR) is 114 cm³/mol. The molecule has 0 aliphatic carbocycles. The Bertz CT molecular complexity index is 1130. The molecule has 0 saturated carbocycles. The number of anilines is 2. The fraction of sp³-hybridized carbons (Fsp3) is 0.150. The van der Waals surface area contributed by atoms with Crippen LogP contribution in [0.1, 0.15) is 20.8 Å². The number of carbonyl (C=O) groups is 1. The highest BCUT2D eigenvalue weighted by Gasteiger charge is 2.27. The second-order valence-corrected chi connectivity index (χ2v) is 9.56. The molecule has 8 heteroatoms. The SMILES string of the molecule is O=C(c1cccs1)N1CCc2ccc(NS(=O)(=O)Cc3ccccc3Cl)cc21. The number of nitrogens with zero attached hydrogens (tertiary/aromatic N) is 1. The topological polar surface area (TPSA) is 66.5 Å². The maximum atomic E-state index is 12.7. The van der Waals surface area contributed by atoms with Crippen LogP contribution in [0.3, 0.4) is 0 Å². The summed E-state index contributed by atoms with van der Waals surface area (Å²) < 4.78 is 27.7. The van der Waals surface area contributed by atoms with Gasteiger partial charge in [-0.25, -0.2) is 8.42 Å². The minimum atomic E-state index is -3.64. The first-order valence-electron chi connectivity index (χ1n) is 8.65. The van der Waals surface area contributed by atoms with Gasteiger partial charge in [0, 0.05) is 17.3 Å². The highest BCUT2D eigenvalue weighted by molar-refractivity contribution is 7.91. The van der Waals surface area contributed by atoms with Crippen LogP contribution in [0.4, 0.5) is 11.4 Å². The monoisotopic (exact) mass is 432 g/mol. The Labute approximate surface area is 172 Å². The van der Waals surface area contributed by atoms with E-state index in [9.17, 15) is 13.2 Å². The summed E-state index contributed by atoms with van der Waals surface area (Å²) >= 11 is 7.47. The molecule has 1 aliphatic rings. The van der Waals surface area contributed by atoms with Crippen LogP contribution in [0, 0.1) is 0 Å². The summed E-state index contributed by atoms with van der Waals surface area (Å²) in [7, 11) is -3.64. The third-order valence-electron chi connectivity index (χ3n) is 4.53. The van der Waals surface area contributed by atoms with Gasteiger partial charge in [-0.2, -0.15) is 0 Å². The Hall–Kier alpha value is -2.35. The number of benzene rings is 2. The molecular formula is C20H17ClN2O3S2. The largest absolute Gasteiger partial charge is 0.307 e. The van der Waals surface area contributed by atoms with Crippen molar-refractivity contribution in [1.82, 2.24) is 0 Å². The van der Waals surface area contributed by atoms with Gasteiger partial charge in [-0.3, -0.25) is 9.52 Å². The van der Waals surface area contributed by atoms with Gasteiger partial charge in [-0.1, -0.05) is 41.9 Å². The van der Waals surface area contributed by atoms with Gasteiger partial charge in [0.2, 0.25) is 10.0 Å². The van der Waals surface area contributed by atoms with Gasteiger partial charge >= 0.3 is 0 Å². The second-order valence-electron chi connectivity index (χ2n) is 6.48.